The van der Waals surface area contributed by atoms with Crippen molar-refractivity contribution in [2.45, 2.75) is 26.9 Å². The molecule has 0 saturated carbocycles. The van der Waals surface area contributed by atoms with E-state index in [1.54, 1.807) is 6.07 Å². The van der Waals surface area contributed by atoms with Crippen LogP contribution in [0.5, 0.6) is 6.01 Å². The maximum Gasteiger partial charge on any atom is 0.337 e. The summed E-state index contributed by atoms with van der Waals surface area (Å²) in [5.41, 5.74) is 6.49. The highest BCUT2D eigenvalue weighted by Crippen LogP contribution is 2.35. The Bertz CT molecular complexity index is 1610. The highest BCUT2D eigenvalue weighted by Gasteiger charge is 2.20. The minimum Gasteiger partial charge on any atom is -0.478 e. The van der Waals surface area contributed by atoms with Crippen molar-refractivity contribution in [3.05, 3.63) is 70.6 Å². The third kappa shape index (κ3) is 4.22. The van der Waals surface area contributed by atoms with Gasteiger partial charge in [0.05, 0.1) is 22.7 Å². The number of aromatic amines is 2. The molecule has 176 valence electrons. The van der Waals surface area contributed by atoms with Crippen LogP contribution in [0.1, 0.15) is 29.8 Å². The number of H-pyrrole nitrogens is 2. The molecule has 0 fully saturated rings. The van der Waals surface area contributed by atoms with Crippen LogP contribution in [0.25, 0.3) is 44.7 Å². The van der Waals surface area contributed by atoms with Gasteiger partial charge in [0.2, 0.25) is 0 Å². The lowest BCUT2D eigenvalue weighted by Crippen LogP contribution is -2.06. The average Bonchev–Trinajstić information content (AvgIpc) is 3.45. The molecule has 9 heteroatoms. The van der Waals surface area contributed by atoms with E-state index in [-0.39, 0.29) is 16.5 Å². The summed E-state index contributed by atoms with van der Waals surface area (Å²) in [6.07, 6.45) is -0.0911. The van der Waals surface area contributed by atoms with Gasteiger partial charge in [-0.2, -0.15) is 9.97 Å². The van der Waals surface area contributed by atoms with Crippen molar-refractivity contribution < 1.29 is 19.2 Å². The smallest absolute Gasteiger partial charge is 0.337 e. The fraction of sp³-hybridized carbons (Fsp3) is 0.154. The predicted octanol–water partition coefficient (Wildman–Crippen LogP) is 6.40. The number of carbonyl (C=O) groups is 1. The number of benzene rings is 3. The van der Waals surface area contributed by atoms with E-state index in [1.165, 1.54) is 0 Å². The summed E-state index contributed by atoms with van der Waals surface area (Å²) >= 11 is 4.99. The third-order valence-corrected chi connectivity index (χ3v) is 5.88. The summed E-state index contributed by atoms with van der Waals surface area (Å²) in [4.78, 5) is 24.0. The van der Waals surface area contributed by atoms with Crippen LogP contribution in [0.15, 0.2) is 59.1 Å². The molecule has 5 rings (SSSR count). The SMILES string of the molecule is Cc1c(-c2ccc(-c3ccccc3-c3nc(=S)o[nH]3)cc2)cc(C(=O)O)c2[nH]c(OC(C)C)nc12. The fourth-order valence-corrected chi connectivity index (χ4v) is 4.27. The van der Waals surface area contributed by atoms with Crippen molar-refractivity contribution in [3.8, 4) is 39.7 Å². The Morgan fingerprint density at radius 3 is 2.29 bits per heavy atom. The van der Waals surface area contributed by atoms with Crippen LogP contribution in [-0.4, -0.2) is 37.3 Å². The second-order valence-corrected chi connectivity index (χ2v) is 8.74. The number of ether oxygens (including phenoxy) is 1. The van der Waals surface area contributed by atoms with Gasteiger partial charge in [-0.15, -0.1) is 0 Å². The van der Waals surface area contributed by atoms with Gasteiger partial charge in [-0.1, -0.05) is 48.5 Å². The van der Waals surface area contributed by atoms with Crippen LogP contribution in [0.4, 0.5) is 0 Å². The first-order chi connectivity index (χ1) is 16.8. The van der Waals surface area contributed by atoms with Crippen molar-refractivity contribution in [1.29, 1.82) is 0 Å². The van der Waals surface area contributed by atoms with Gasteiger partial charge >= 0.3 is 10.8 Å². The van der Waals surface area contributed by atoms with E-state index in [9.17, 15) is 9.90 Å². The molecule has 5 aromatic rings. The zero-order valence-corrected chi connectivity index (χ0v) is 20.1. The first-order valence-electron chi connectivity index (χ1n) is 11.0. The second-order valence-electron chi connectivity index (χ2n) is 8.39. The fourth-order valence-electron chi connectivity index (χ4n) is 4.13. The summed E-state index contributed by atoms with van der Waals surface area (Å²) in [5, 5.41) is 12.6. The van der Waals surface area contributed by atoms with Crippen molar-refractivity contribution in [3.63, 3.8) is 0 Å². The molecule has 2 aromatic heterocycles. The van der Waals surface area contributed by atoms with Gasteiger partial charge in [0, 0.05) is 5.56 Å². The van der Waals surface area contributed by atoms with Crippen molar-refractivity contribution >= 4 is 29.2 Å². The van der Waals surface area contributed by atoms with E-state index < -0.39 is 5.97 Å². The average molecular weight is 487 g/mol. The second kappa shape index (κ2) is 8.84. The lowest BCUT2D eigenvalue weighted by atomic mass is 9.93. The summed E-state index contributed by atoms with van der Waals surface area (Å²) in [6, 6.07) is 17.7. The molecule has 3 aromatic carbocycles. The number of nitrogens with zero attached hydrogens (tertiary/aromatic N) is 2. The number of hydrogen-bond acceptors (Lipinski definition) is 6. The molecule has 35 heavy (non-hydrogen) atoms. The zero-order valence-electron chi connectivity index (χ0n) is 19.2. The van der Waals surface area contributed by atoms with Gasteiger partial charge < -0.3 is 19.4 Å². The lowest BCUT2D eigenvalue weighted by Gasteiger charge is -2.11. The molecule has 0 spiro atoms. The minimum absolute atomic E-state index is 0.0911. The Hall–Kier alpha value is -4.24. The maximum atomic E-state index is 12.0. The van der Waals surface area contributed by atoms with Crippen LogP contribution < -0.4 is 4.74 Å². The summed E-state index contributed by atoms with van der Waals surface area (Å²) in [6.45, 7) is 5.71. The molecule has 0 aliphatic carbocycles. The third-order valence-electron chi connectivity index (χ3n) is 5.70. The quantitative estimate of drug-likeness (QED) is 0.238. The number of fused-ring (bicyclic) bond motifs is 1. The topological polar surface area (TPSA) is 117 Å². The van der Waals surface area contributed by atoms with Crippen LogP contribution in [0.3, 0.4) is 0 Å². The Kier molecular flexibility index (Phi) is 5.70. The van der Waals surface area contributed by atoms with Gasteiger partial charge in [-0.05, 0) is 66.9 Å². The number of aryl methyl sites for hydroxylation is 1. The molecule has 0 saturated heterocycles. The lowest BCUT2D eigenvalue weighted by molar-refractivity contribution is 0.0699. The molecular weight excluding hydrogens is 464 g/mol. The first-order valence-corrected chi connectivity index (χ1v) is 11.4. The van der Waals surface area contributed by atoms with Crippen molar-refractivity contribution in [2.24, 2.45) is 0 Å². The minimum atomic E-state index is -1.04. The number of carboxylic acid groups (broad SMARTS) is 1. The number of nitrogens with one attached hydrogen (secondary N) is 2. The molecule has 2 heterocycles. The largest absolute Gasteiger partial charge is 0.478 e. The highest BCUT2D eigenvalue weighted by molar-refractivity contribution is 7.71. The van der Waals surface area contributed by atoms with Gasteiger partial charge in [0.15, 0.2) is 5.82 Å². The van der Waals surface area contributed by atoms with Gasteiger partial charge in [-0.3, -0.25) is 0 Å². The van der Waals surface area contributed by atoms with Crippen LogP contribution in [0, 0.1) is 11.8 Å². The van der Waals surface area contributed by atoms with Crippen LogP contribution in [-0.2, 0) is 0 Å². The van der Waals surface area contributed by atoms with E-state index in [0.717, 1.165) is 33.4 Å². The standard InChI is InChI=1S/C26H22N4O4S/c1-13(2)33-25-27-21-14(3)19(12-20(24(31)32)22(21)28-25)16-10-8-15(9-11-16)17-6-4-5-7-18(17)23-29-26(35)34-30-23/h4-13H,1-3H3,(H,27,28)(H,31,32)(H,29,30,35). The number of aromatic carboxylic acids is 1. The van der Waals surface area contributed by atoms with Crippen LogP contribution >= 0.6 is 12.2 Å². The molecule has 0 aliphatic heterocycles. The van der Waals surface area contributed by atoms with E-state index in [2.05, 4.69) is 20.1 Å². The van der Waals surface area contributed by atoms with Gasteiger partial charge in [0.25, 0.3) is 6.01 Å². The molecule has 0 bridgehead atoms. The molecule has 8 nitrogen and oxygen atoms in total. The van der Waals surface area contributed by atoms with Gasteiger partial charge in [0.1, 0.15) is 0 Å². The maximum absolute atomic E-state index is 12.0. The molecule has 3 N–H and O–H groups in total. The van der Waals surface area contributed by atoms with Crippen molar-refractivity contribution in [1.82, 2.24) is 20.1 Å². The molecule has 0 unspecified atom stereocenters. The summed E-state index contributed by atoms with van der Waals surface area (Å²) in [5.74, 6) is -0.480. The predicted molar refractivity (Wildman–Crippen MR) is 135 cm³/mol. The Morgan fingerprint density at radius 2 is 1.69 bits per heavy atom. The Balaban J connectivity index is 1.59. The Morgan fingerprint density at radius 1 is 1.03 bits per heavy atom. The number of rotatable bonds is 6. The number of aromatic nitrogens is 4. The summed E-state index contributed by atoms with van der Waals surface area (Å²) in [7, 11) is 0. The number of carboxylic acids is 1. The summed E-state index contributed by atoms with van der Waals surface area (Å²) < 4.78 is 10.8. The van der Waals surface area contributed by atoms with E-state index >= 15 is 0 Å². The molecule has 0 aliphatic rings. The van der Waals surface area contributed by atoms with Crippen LogP contribution in [0.2, 0.25) is 0 Å². The zero-order chi connectivity index (χ0) is 24.7. The van der Waals surface area contributed by atoms with E-state index in [0.29, 0.717) is 22.9 Å². The van der Waals surface area contributed by atoms with E-state index in [1.807, 2.05) is 69.3 Å². The number of hydrogen-bond donors (Lipinski definition) is 3. The molecular formula is C26H22N4O4S. The molecule has 0 amide bonds. The highest BCUT2D eigenvalue weighted by atomic mass is 32.1. The molecule has 0 radical (unpaired) electrons. The van der Waals surface area contributed by atoms with E-state index in [4.69, 9.17) is 21.5 Å². The van der Waals surface area contributed by atoms with Crippen molar-refractivity contribution in [2.75, 3.05) is 0 Å². The van der Waals surface area contributed by atoms with Gasteiger partial charge in [-0.25, -0.2) is 9.95 Å². The molecule has 0 atom stereocenters. The number of imidazole rings is 1. The monoisotopic (exact) mass is 486 g/mol. The Labute approximate surface area is 205 Å². The normalized spacial score (nSPS) is 11.3. The first kappa shape index (κ1) is 22.5.